The van der Waals surface area contributed by atoms with Crippen molar-refractivity contribution < 1.29 is 35.9 Å². The number of hydrogen-bond donors (Lipinski definition) is 1. The van der Waals surface area contributed by atoms with Crippen molar-refractivity contribution in [2.75, 3.05) is 51.4 Å². The highest BCUT2D eigenvalue weighted by atomic mass is 32.2. The molecule has 0 spiro atoms. The Morgan fingerprint density at radius 2 is 1.88 bits per heavy atom. The zero-order valence-corrected chi connectivity index (χ0v) is 19.6. The van der Waals surface area contributed by atoms with E-state index in [0.29, 0.717) is 13.1 Å². The molecule has 1 heterocycles. The molecule has 2 rings (SSSR count). The van der Waals surface area contributed by atoms with Crippen molar-refractivity contribution in [1.82, 2.24) is 9.80 Å². The summed E-state index contributed by atoms with van der Waals surface area (Å²) in [5.74, 6) is -2.18. The van der Waals surface area contributed by atoms with Gasteiger partial charge >= 0.3 is 6.18 Å². The number of likely N-dealkylation sites (N-methyl/N-ethyl adjacent to an activating group) is 2. The number of fused-ring (bicyclic) bond motifs is 1. The zero-order valence-electron chi connectivity index (χ0n) is 18.8. The second kappa shape index (κ2) is 10.3. The third kappa shape index (κ3) is 7.24. The van der Waals surface area contributed by atoms with E-state index in [1.54, 1.807) is 14.2 Å². The van der Waals surface area contributed by atoms with Crippen LogP contribution in [0.15, 0.2) is 18.2 Å². The Labute approximate surface area is 186 Å². The van der Waals surface area contributed by atoms with Crippen LogP contribution in [0.4, 0.5) is 18.9 Å². The Balaban J connectivity index is 2.39. The highest BCUT2D eigenvalue weighted by Gasteiger charge is 2.35. The lowest BCUT2D eigenvalue weighted by Gasteiger charge is -2.34. The molecule has 3 atom stereocenters. The fraction of sp³-hybridized carbons (Fsp3) is 0.650. The number of sulfonamides is 1. The minimum atomic E-state index is -4.88. The molecule has 0 radical (unpaired) electrons. The third-order valence-electron chi connectivity index (χ3n) is 5.39. The molecule has 182 valence electrons. The van der Waals surface area contributed by atoms with E-state index in [-0.39, 0.29) is 47.6 Å². The highest BCUT2D eigenvalue weighted by molar-refractivity contribution is 7.92. The first-order valence-electron chi connectivity index (χ1n) is 10.0. The number of hydrogen-bond acceptors (Lipinski definition) is 6. The van der Waals surface area contributed by atoms with Crippen LogP contribution in [-0.2, 0) is 14.8 Å². The number of rotatable bonds is 4. The molecule has 8 nitrogen and oxygen atoms in total. The normalized spacial score (nSPS) is 24.2. The number of benzene rings is 1. The summed E-state index contributed by atoms with van der Waals surface area (Å²) in [7, 11) is 0.463. The standard InChI is InChI=1S/C20H30F3N3O5S/c1-13-9-25(3)14(2)11-31-17-8-15(24-32(28,29)12-20(21,22)23)6-7-16(17)19(27)26(4)10-18(13)30-5/h6-8,13-14,18,24H,9-12H2,1-5H3/t13-,14+,18+/m1/s1. The van der Waals surface area contributed by atoms with Gasteiger partial charge in [-0.2, -0.15) is 13.2 Å². The number of carbonyl (C=O) groups excluding carboxylic acids is 1. The quantitative estimate of drug-likeness (QED) is 0.711. The molecule has 1 aromatic carbocycles. The predicted octanol–water partition coefficient (Wildman–Crippen LogP) is 2.43. The molecule has 32 heavy (non-hydrogen) atoms. The second-order valence-corrected chi connectivity index (χ2v) is 9.95. The van der Waals surface area contributed by atoms with Crippen LogP contribution < -0.4 is 9.46 Å². The van der Waals surface area contributed by atoms with Gasteiger partial charge in [0.05, 0.1) is 17.4 Å². The monoisotopic (exact) mass is 481 g/mol. The lowest BCUT2D eigenvalue weighted by atomic mass is 10.0. The van der Waals surface area contributed by atoms with Gasteiger partial charge in [-0.15, -0.1) is 0 Å². The molecule has 0 saturated carbocycles. The minimum Gasteiger partial charge on any atom is -0.491 e. The van der Waals surface area contributed by atoms with E-state index in [2.05, 4.69) is 4.90 Å². The van der Waals surface area contributed by atoms with Crippen LogP contribution >= 0.6 is 0 Å². The van der Waals surface area contributed by atoms with Gasteiger partial charge in [0.15, 0.2) is 5.75 Å². The van der Waals surface area contributed by atoms with Gasteiger partial charge in [0.1, 0.15) is 12.4 Å². The molecule has 0 bridgehead atoms. The number of anilines is 1. The second-order valence-electron chi connectivity index (χ2n) is 8.22. The van der Waals surface area contributed by atoms with Gasteiger partial charge in [0, 0.05) is 39.4 Å². The number of amides is 1. The number of carbonyl (C=O) groups is 1. The fourth-order valence-corrected chi connectivity index (χ4v) is 4.44. The first-order chi connectivity index (χ1) is 14.7. The lowest BCUT2D eigenvalue weighted by molar-refractivity contribution is -0.106. The molecule has 0 aromatic heterocycles. The van der Waals surface area contributed by atoms with Gasteiger partial charge in [0.25, 0.3) is 5.91 Å². The SMILES string of the molecule is CO[C@H]1CN(C)C(=O)c2ccc(NS(=O)(=O)CC(F)(F)F)cc2OC[C@H](C)N(C)C[C@H]1C. The number of nitrogens with one attached hydrogen (secondary N) is 1. The molecule has 0 saturated heterocycles. The van der Waals surface area contributed by atoms with E-state index in [0.717, 1.165) is 0 Å². The van der Waals surface area contributed by atoms with Gasteiger partial charge in [0.2, 0.25) is 10.0 Å². The average molecular weight is 482 g/mol. The van der Waals surface area contributed by atoms with Gasteiger partial charge in [-0.05, 0) is 32.0 Å². The summed E-state index contributed by atoms with van der Waals surface area (Å²) in [6, 6.07) is 3.75. The lowest BCUT2D eigenvalue weighted by Crippen LogP contribution is -2.45. The Bertz CT molecular complexity index is 910. The summed E-state index contributed by atoms with van der Waals surface area (Å²) in [4.78, 5) is 16.6. The number of alkyl halides is 3. The smallest absolute Gasteiger partial charge is 0.404 e. The largest absolute Gasteiger partial charge is 0.491 e. The maximum atomic E-state index is 13.0. The van der Waals surface area contributed by atoms with E-state index in [1.807, 2.05) is 25.6 Å². The number of methoxy groups -OCH3 is 1. The van der Waals surface area contributed by atoms with Crippen molar-refractivity contribution in [3.8, 4) is 5.75 Å². The fourth-order valence-electron chi connectivity index (χ4n) is 3.45. The number of ether oxygens (including phenoxy) is 2. The van der Waals surface area contributed by atoms with Crippen molar-refractivity contribution in [1.29, 1.82) is 0 Å². The van der Waals surface area contributed by atoms with Crippen molar-refractivity contribution in [2.24, 2.45) is 5.92 Å². The van der Waals surface area contributed by atoms with Crippen LogP contribution in [0.1, 0.15) is 24.2 Å². The van der Waals surface area contributed by atoms with E-state index < -0.39 is 22.0 Å². The maximum Gasteiger partial charge on any atom is 0.404 e. The highest BCUT2D eigenvalue weighted by Crippen LogP contribution is 2.28. The number of nitrogens with zero attached hydrogens (tertiary/aromatic N) is 2. The van der Waals surface area contributed by atoms with Crippen LogP contribution in [0.5, 0.6) is 5.75 Å². The summed E-state index contributed by atoms with van der Waals surface area (Å²) in [6.45, 7) is 5.16. The van der Waals surface area contributed by atoms with E-state index in [4.69, 9.17) is 9.47 Å². The third-order valence-corrected chi connectivity index (χ3v) is 6.64. The van der Waals surface area contributed by atoms with Gasteiger partial charge < -0.3 is 14.4 Å². The van der Waals surface area contributed by atoms with Crippen LogP contribution in [0, 0.1) is 5.92 Å². The molecule has 1 amide bonds. The summed E-state index contributed by atoms with van der Waals surface area (Å²) in [5, 5.41) is 0. The summed E-state index contributed by atoms with van der Waals surface area (Å²) < 4.78 is 74.6. The van der Waals surface area contributed by atoms with Crippen LogP contribution in [0.2, 0.25) is 0 Å². The molecule has 1 N–H and O–H groups in total. The Kier molecular flexibility index (Phi) is 8.40. The molecule has 0 aliphatic carbocycles. The van der Waals surface area contributed by atoms with Gasteiger partial charge in [-0.1, -0.05) is 6.92 Å². The summed E-state index contributed by atoms with van der Waals surface area (Å²) in [5.41, 5.74) is 0.0455. The number of halogens is 3. The molecular formula is C20H30F3N3O5S. The maximum absolute atomic E-state index is 13.0. The molecule has 0 unspecified atom stereocenters. The molecule has 12 heteroatoms. The van der Waals surface area contributed by atoms with E-state index in [9.17, 15) is 26.4 Å². The van der Waals surface area contributed by atoms with Gasteiger partial charge in [-0.3, -0.25) is 14.4 Å². The van der Waals surface area contributed by atoms with Crippen molar-refractivity contribution in [3.05, 3.63) is 23.8 Å². The average Bonchev–Trinajstić information content (AvgIpc) is 2.66. The first-order valence-corrected chi connectivity index (χ1v) is 11.7. The predicted molar refractivity (Wildman–Crippen MR) is 114 cm³/mol. The van der Waals surface area contributed by atoms with Crippen LogP contribution in [0.3, 0.4) is 0 Å². The van der Waals surface area contributed by atoms with E-state index in [1.165, 1.54) is 23.1 Å². The van der Waals surface area contributed by atoms with E-state index >= 15 is 0 Å². The topological polar surface area (TPSA) is 88.2 Å². The first kappa shape index (κ1) is 26.2. The van der Waals surface area contributed by atoms with Crippen molar-refractivity contribution >= 4 is 21.6 Å². The molecule has 1 aromatic rings. The summed E-state index contributed by atoms with van der Waals surface area (Å²) >= 11 is 0. The van der Waals surface area contributed by atoms with Crippen molar-refractivity contribution in [3.63, 3.8) is 0 Å². The molecular weight excluding hydrogens is 451 g/mol. The van der Waals surface area contributed by atoms with Crippen molar-refractivity contribution in [2.45, 2.75) is 32.2 Å². The molecule has 1 aliphatic heterocycles. The molecule has 1 aliphatic rings. The van der Waals surface area contributed by atoms with Crippen LogP contribution in [0.25, 0.3) is 0 Å². The Morgan fingerprint density at radius 3 is 2.47 bits per heavy atom. The summed E-state index contributed by atoms with van der Waals surface area (Å²) in [6.07, 6.45) is -5.09. The van der Waals surface area contributed by atoms with Crippen LogP contribution in [-0.4, -0.2) is 89.1 Å². The minimum absolute atomic E-state index is 0.0550. The van der Waals surface area contributed by atoms with Gasteiger partial charge in [-0.25, -0.2) is 8.42 Å². The molecule has 0 fully saturated rings. The Morgan fingerprint density at radius 1 is 1.22 bits per heavy atom. The Hall–Kier alpha value is -2.05. The zero-order chi connectivity index (χ0) is 24.3.